The first-order valence-electron chi connectivity index (χ1n) is 9.88. The molecule has 152 valence electrons. The van der Waals surface area contributed by atoms with E-state index < -0.39 is 0 Å². The molecule has 0 aliphatic rings. The molecular formula is C24H22ClN3OS. The van der Waals surface area contributed by atoms with Gasteiger partial charge in [-0.15, -0.1) is 0 Å². The van der Waals surface area contributed by atoms with Gasteiger partial charge in [-0.2, -0.15) is 0 Å². The van der Waals surface area contributed by atoms with Crippen molar-refractivity contribution in [2.75, 3.05) is 4.90 Å². The topological polar surface area (TPSA) is 46.1 Å². The fourth-order valence-electron chi connectivity index (χ4n) is 3.30. The minimum Gasteiger partial charge on any atom is -0.283 e. The van der Waals surface area contributed by atoms with Crippen molar-refractivity contribution < 1.29 is 4.79 Å². The Labute approximate surface area is 185 Å². The lowest BCUT2D eigenvalue weighted by Gasteiger charge is -2.20. The zero-order chi connectivity index (χ0) is 21.1. The summed E-state index contributed by atoms with van der Waals surface area (Å²) in [6.45, 7) is 4.50. The number of carbonyl (C=O) groups is 1. The second-order valence-corrected chi connectivity index (χ2v) is 8.62. The molecule has 0 atom stereocenters. The number of nitrogens with zero attached hydrogens (tertiary/aromatic N) is 3. The van der Waals surface area contributed by atoms with Gasteiger partial charge in [-0.05, 0) is 53.8 Å². The second-order valence-electron chi connectivity index (χ2n) is 7.20. The van der Waals surface area contributed by atoms with E-state index >= 15 is 0 Å². The Morgan fingerprint density at radius 1 is 1.07 bits per heavy atom. The monoisotopic (exact) mass is 435 g/mol. The van der Waals surface area contributed by atoms with Crippen LogP contribution < -0.4 is 4.90 Å². The maximum Gasteiger partial charge on any atom is 0.233 e. The van der Waals surface area contributed by atoms with Gasteiger partial charge in [0.1, 0.15) is 0 Å². The fraction of sp³-hybridized carbons (Fsp3) is 0.208. The van der Waals surface area contributed by atoms with Crippen molar-refractivity contribution in [2.24, 2.45) is 0 Å². The average Bonchev–Trinajstić information content (AvgIpc) is 3.20. The van der Waals surface area contributed by atoms with Crippen LogP contribution in [0.3, 0.4) is 0 Å². The lowest BCUT2D eigenvalue weighted by molar-refractivity contribution is -0.118. The Bertz CT molecular complexity index is 1170. The van der Waals surface area contributed by atoms with Gasteiger partial charge in [-0.3, -0.25) is 14.7 Å². The smallest absolute Gasteiger partial charge is 0.233 e. The lowest BCUT2D eigenvalue weighted by Crippen LogP contribution is -2.31. The number of hydrogen-bond acceptors (Lipinski definition) is 4. The Morgan fingerprint density at radius 2 is 1.83 bits per heavy atom. The van der Waals surface area contributed by atoms with E-state index in [0.29, 0.717) is 23.1 Å². The van der Waals surface area contributed by atoms with Crippen LogP contribution in [0.2, 0.25) is 5.02 Å². The number of halogens is 1. The molecule has 0 aliphatic carbocycles. The molecule has 0 saturated carbocycles. The van der Waals surface area contributed by atoms with Gasteiger partial charge in [0, 0.05) is 17.4 Å². The van der Waals surface area contributed by atoms with Crippen molar-refractivity contribution >= 4 is 44.2 Å². The highest BCUT2D eigenvalue weighted by molar-refractivity contribution is 7.22. The number of aryl methyl sites for hydroxylation is 2. The van der Waals surface area contributed by atoms with Crippen LogP contribution in [0.4, 0.5) is 5.13 Å². The predicted octanol–water partition coefficient (Wildman–Crippen LogP) is 5.99. The van der Waals surface area contributed by atoms with Crippen LogP contribution in [0.25, 0.3) is 10.2 Å². The van der Waals surface area contributed by atoms with Gasteiger partial charge in [-0.1, -0.05) is 60.2 Å². The van der Waals surface area contributed by atoms with Gasteiger partial charge in [0.05, 0.1) is 23.2 Å². The van der Waals surface area contributed by atoms with Gasteiger partial charge < -0.3 is 0 Å². The van der Waals surface area contributed by atoms with Crippen LogP contribution in [0, 0.1) is 6.92 Å². The molecule has 1 amide bonds. The molecule has 0 bridgehead atoms. The van der Waals surface area contributed by atoms with E-state index in [1.165, 1.54) is 16.9 Å². The summed E-state index contributed by atoms with van der Waals surface area (Å²) in [7, 11) is 0. The first-order chi connectivity index (χ1) is 14.5. The average molecular weight is 436 g/mol. The second kappa shape index (κ2) is 8.94. The molecular weight excluding hydrogens is 414 g/mol. The minimum atomic E-state index is 0.00547. The van der Waals surface area contributed by atoms with Crippen molar-refractivity contribution in [1.82, 2.24) is 9.97 Å². The molecule has 2 heterocycles. The number of aromatic nitrogens is 2. The Balaban J connectivity index is 1.68. The number of hydrogen-bond donors (Lipinski definition) is 0. The summed E-state index contributed by atoms with van der Waals surface area (Å²) in [4.78, 5) is 24.1. The van der Waals surface area contributed by atoms with Crippen LogP contribution in [-0.2, 0) is 24.2 Å². The molecule has 0 fully saturated rings. The zero-order valence-corrected chi connectivity index (χ0v) is 18.5. The summed E-state index contributed by atoms with van der Waals surface area (Å²) in [6.07, 6.45) is 4.81. The maximum absolute atomic E-state index is 13.3. The third-order valence-electron chi connectivity index (χ3n) is 5.12. The number of pyridine rings is 1. The van der Waals surface area contributed by atoms with E-state index in [9.17, 15) is 4.79 Å². The summed E-state index contributed by atoms with van der Waals surface area (Å²) in [5.74, 6) is 0.00547. The van der Waals surface area contributed by atoms with Crippen LogP contribution in [0.15, 0.2) is 60.9 Å². The molecule has 2 aromatic heterocycles. The van der Waals surface area contributed by atoms with E-state index in [1.54, 1.807) is 17.3 Å². The van der Waals surface area contributed by atoms with Gasteiger partial charge >= 0.3 is 0 Å². The highest BCUT2D eigenvalue weighted by Gasteiger charge is 2.21. The van der Waals surface area contributed by atoms with E-state index in [1.807, 2.05) is 43.3 Å². The SMILES string of the molecule is CCc1ccc(CC(=O)N(Cc2cccnc2)c2nc3c(C)c(Cl)ccc3s2)cc1. The van der Waals surface area contributed by atoms with Crippen LogP contribution in [0.5, 0.6) is 0 Å². The quantitative estimate of drug-likeness (QED) is 0.373. The largest absolute Gasteiger partial charge is 0.283 e. The van der Waals surface area contributed by atoms with Gasteiger partial charge in [-0.25, -0.2) is 4.98 Å². The molecule has 0 radical (unpaired) electrons. The van der Waals surface area contributed by atoms with E-state index in [-0.39, 0.29) is 5.91 Å². The minimum absolute atomic E-state index is 0.00547. The molecule has 0 unspecified atom stereocenters. The van der Waals surface area contributed by atoms with Crippen molar-refractivity contribution in [3.63, 3.8) is 0 Å². The Morgan fingerprint density at radius 3 is 2.53 bits per heavy atom. The molecule has 2 aromatic carbocycles. The molecule has 4 nitrogen and oxygen atoms in total. The number of thiazole rings is 1. The summed E-state index contributed by atoms with van der Waals surface area (Å²) in [5, 5.41) is 1.36. The first kappa shape index (κ1) is 20.5. The summed E-state index contributed by atoms with van der Waals surface area (Å²) in [6, 6.07) is 15.9. The summed E-state index contributed by atoms with van der Waals surface area (Å²) >= 11 is 7.78. The predicted molar refractivity (Wildman–Crippen MR) is 124 cm³/mol. The van der Waals surface area contributed by atoms with Crippen LogP contribution in [-0.4, -0.2) is 15.9 Å². The number of amides is 1. The lowest BCUT2D eigenvalue weighted by atomic mass is 10.1. The van der Waals surface area contributed by atoms with Crippen molar-refractivity contribution in [3.05, 3.63) is 88.2 Å². The third-order valence-corrected chi connectivity index (χ3v) is 6.57. The summed E-state index contributed by atoms with van der Waals surface area (Å²) in [5.41, 5.74) is 4.99. The normalized spacial score (nSPS) is 11.0. The molecule has 4 aromatic rings. The molecule has 0 aliphatic heterocycles. The number of rotatable bonds is 6. The molecule has 6 heteroatoms. The van der Waals surface area contributed by atoms with Crippen molar-refractivity contribution in [3.8, 4) is 0 Å². The number of anilines is 1. The zero-order valence-electron chi connectivity index (χ0n) is 16.9. The molecule has 4 rings (SSSR count). The van der Waals surface area contributed by atoms with Crippen molar-refractivity contribution in [2.45, 2.75) is 33.2 Å². The van der Waals surface area contributed by atoms with E-state index in [4.69, 9.17) is 16.6 Å². The Kier molecular flexibility index (Phi) is 6.11. The molecule has 30 heavy (non-hydrogen) atoms. The van der Waals surface area contributed by atoms with Gasteiger partial charge in [0.2, 0.25) is 5.91 Å². The standard InChI is InChI=1S/C24H22ClN3OS/c1-3-17-6-8-18(9-7-17)13-22(29)28(15-19-5-4-12-26-14-19)24-27-23-16(2)20(25)10-11-21(23)30-24/h4-12,14H,3,13,15H2,1-2H3. The molecule has 0 N–H and O–H groups in total. The molecule has 0 spiro atoms. The summed E-state index contributed by atoms with van der Waals surface area (Å²) < 4.78 is 1.02. The highest BCUT2D eigenvalue weighted by Crippen LogP contribution is 2.34. The third kappa shape index (κ3) is 4.37. The van der Waals surface area contributed by atoms with Crippen LogP contribution in [0.1, 0.15) is 29.2 Å². The fourth-order valence-corrected chi connectivity index (χ4v) is 4.50. The number of fused-ring (bicyclic) bond motifs is 1. The maximum atomic E-state index is 13.3. The molecule has 0 saturated heterocycles. The van der Waals surface area contributed by atoms with Gasteiger partial charge in [0.15, 0.2) is 5.13 Å². The van der Waals surface area contributed by atoms with Crippen molar-refractivity contribution in [1.29, 1.82) is 0 Å². The highest BCUT2D eigenvalue weighted by atomic mass is 35.5. The van der Waals surface area contributed by atoms with Gasteiger partial charge in [0.25, 0.3) is 0 Å². The van der Waals surface area contributed by atoms with Crippen LogP contribution >= 0.6 is 22.9 Å². The first-order valence-corrected chi connectivity index (χ1v) is 11.1. The number of carbonyl (C=O) groups excluding carboxylic acids is 1. The Hall–Kier alpha value is -2.76. The number of benzene rings is 2. The van der Waals surface area contributed by atoms with E-state index in [2.05, 4.69) is 24.0 Å². The van der Waals surface area contributed by atoms with E-state index in [0.717, 1.165) is 33.3 Å².